The monoisotopic (exact) mass is 548 g/mol. The van der Waals surface area contributed by atoms with Crippen molar-refractivity contribution in [3.63, 3.8) is 0 Å². The van der Waals surface area contributed by atoms with Gasteiger partial charge in [0.25, 0.3) is 0 Å². The molecule has 0 aromatic heterocycles. The summed E-state index contributed by atoms with van der Waals surface area (Å²) in [6.07, 6.45) is 1.97. The topological polar surface area (TPSA) is 92.3 Å². The number of nitrogens with zero attached hydrogens (tertiary/aromatic N) is 2. The van der Waals surface area contributed by atoms with Gasteiger partial charge in [-0.25, -0.2) is 12.7 Å². The number of alkyl halides is 2. The maximum Gasteiger partial charge on any atom is 0.387 e. The fourth-order valence-electron chi connectivity index (χ4n) is 2.94. The Morgan fingerprint density at radius 2 is 2.10 bits per heavy atom. The molecule has 1 atom stereocenters. The molecule has 0 aliphatic carbocycles. The van der Waals surface area contributed by atoms with Crippen LogP contribution in [0.25, 0.3) is 0 Å². The van der Waals surface area contributed by atoms with Crippen LogP contribution in [-0.4, -0.2) is 65.3 Å². The van der Waals surface area contributed by atoms with Gasteiger partial charge >= 0.3 is 6.61 Å². The van der Waals surface area contributed by atoms with Gasteiger partial charge in [0.2, 0.25) is 10.0 Å². The van der Waals surface area contributed by atoms with E-state index >= 15 is 0 Å². The molecule has 1 saturated heterocycles. The first-order chi connectivity index (χ1) is 13.2. The van der Waals surface area contributed by atoms with Gasteiger partial charge in [-0.15, -0.1) is 24.0 Å². The summed E-state index contributed by atoms with van der Waals surface area (Å²) in [6, 6.07) is 4.58. The van der Waals surface area contributed by atoms with E-state index in [2.05, 4.69) is 20.4 Å². The van der Waals surface area contributed by atoms with Crippen LogP contribution in [0, 0.1) is 5.92 Å². The van der Waals surface area contributed by atoms with Crippen molar-refractivity contribution in [3.05, 3.63) is 23.8 Å². The second-order valence-corrected chi connectivity index (χ2v) is 8.42. The highest BCUT2D eigenvalue weighted by atomic mass is 127. The number of hydrogen-bond donors (Lipinski definition) is 2. The van der Waals surface area contributed by atoms with Gasteiger partial charge < -0.3 is 20.1 Å². The Morgan fingerprint density at radius 3 is 2.66 bits per heavy atom. The van der Waals surface area contributed by atoms with Crippen LogP contribution in [0.15, 0.2) is 23.2 Å². The number of rotatable bonds is 8. The van der Waals surface area contributed by atoms with Crippen LogP contribution in [0.2, 0.25) is 0 Å². The quantitative estimate of drug-likeness (QED) is 0.293. The Labute approximate surface area is 187 Å². The van der Waals surface area contributed by atoms with E-state index in [0.717, 1.165) is 6.42 Å². The lowest BCUT2D eigenvalue weighted by Crippen LogP contribution is -2.40. The van der Waals surface area contributed by atoms with Gasteiger partial charge in [0.15, 0.2) is 5.96 Å². The number of guanidine groups is 1. The van der Waals surface area contributed by atoms with Crippen molar-refractivity contribution in [1.29, 1.82) is 0 Å². The Hall–Kier alpha value is -1.41. The maximum atomic E-state index is 12.6. The van der Waals surface area contributed by atoms with E-state index in [4.69, 9.17) is 4.74 Å². The molecule has 1 aromatic carbocycles. The standard InChI is InChI=1S/C17H26F2N4O4S.HI/c1-20-17(21-9-12-6-7-23(11-12)28(3,24)25)22-10-13-8-14(26-2)4-5-15(13)27-16(18)19;/h4-5,8,12,16H,6-7,9-11H2,1-3H3,(H2,20,21,22);1H. The van der Waals surface area contributed by atoms with Gasteiger partial charge in [0.1, 0.15) is 11.5 Å². The molecule has 0 amide bonds. The number of aliphatic imine (C=N–C) groups is 1. The third-order valence-corrected chi connectivity index (χ3v) is 5.70. The predicted octanol–water partition coefficient (Wildman–Crippen LogP) is 1.86. The highest BCUT2D eigenvalue weighted by Crippen LogP contribution is 2.25. The van der Waals surface area contributed by atoms with Crippen LogP contribution >= 0.6 is 24.0 Å². The van der Waals surface area contributed by atoms with Crippen LogP contribution in [0.5, 0.6) is 11.5 Å². The van der Waals surface area contributed by atoms with Crippen LogP contribution in [0.3, 0.4) is 0 Å². The molecule has 1 fully saturated rings. The molecular weight excluding hydrogens is 521 g/mol. The molecule has 0 radical (unpaired) electrons. The molecule has 12 heteroatoms. The summed E-state index contributed by atoms with van der Waals surface area (Å²) in [4.78, 5) is 4.11. The number of hydrogen-bond acceptors (Lipinski definition) is 5. The van der Waals surface area contributed by atoms with E-state index < -0.39 is 16.6 Å². The predicted molar refractivity (Wildman–Crippen MR) is 118 cm³/mol. The summed E-state index contributed by atoms with van der Waals surface area (Å²) in [5.41, 5.74) is 0.492. The molecule has 0 bridgehead atoms. The summed E-state index contributed by atoms with van der Waals surface area (Å²) in [5, 5.41) is 6.18. The molecule has 0 saturated carbocycles. The molecule has 1 unspecified atom stereocenters. The highest BCUT2D eigenvalue weighted by molar-refractivity contribution is 14.0. The van der Waals surface area contributed by atoms with E-state index in [-0.39, 0.29) is 42.2 Å². The molecule has 2 N–H and O–H groups in total. The zero-order valence-electron chi connectivity index (χ0n) is 16.5. The minimum atomic E-state index is -3.17. The molecule has 1 heterocycles. The lowest BCUT2D eigenvalue weighted by atomic mass is 10.1. The zero-order valence-corrected chi connectivity index (χ0v) is 19.7. The molecule has 1 aromatic rings. The van der Waals surface area contributed by atoms with Crippen molar-refractivity contribution in [2.75, 3.05) is 40.0 Å². The van der Waals surface area contributed by atoms with Crippen molar-refractivity contribution in [1.82, 2.24) is 14.9 Å². The number of ether oxygens (including phenoxy) is 2. The summed E-state index contributed by atoms with van der Waals surface area (Å²) >= 11 is 0. The highest BCUT2D eigenvalue weighted by Gasteiger charge is 2.28. The van der Waals surface area contributed by atoms with Gasteiger partial charge in [-0.1, -0.05) is 0 Å². The summed E-state index contributed by atoms with van der Waals surface area (Å²) in [6.45, 7) is -1.21. The Morgan fingerprint density at radius 1 is 1.38 bits per heavy atom. The van der Waals surface area contributed by atoms with Crippen LogP contribution in [0.4, 0.5) is 8.78 Å². The van der Waals surface area contributed by atoms with Crippen molar-refractivity contribution in [2.24, 2.45) is 10.9 Å². The van der Waals surface area contributed by atoms with E-state index in [1.54, 1.807) is 19.2 Å². The van der Waals surface area contributed by atoms with Crippen molar-refractivity contribution < 1.29 is 26.7 Å². The smallest absolute Gasteiger partial charge is 0.387 e. The number of sulfonamides is 1. The normalized spacial score (nSPS) is 17.7. The minimum Gasteiger partial charge on any atom is -0.497 e. The van der Waals surface area contributed by atoms with Gasteiger partial charge in [0, 0.05) is 38.8 Å². The first-order valence-corrected chi connectivity index (χ1v) is 10.6. The van der Waals surface area contributed by atoms with Gasteiger partial charge in [-0.2, -0.15) is 8.78 Å². The molecular formula is C17H27F2IN4O4S. The second-order valence-electron chi connectivity index (χ2n) is 6.43. The SMILES string of the molecule is CN=C(NCc1cc(OC)ccc1OC(F)F)NCC1CCN(S(C)(=O)=O)C1.I. The van der Waals surface area contributed by atoms with E-state index in [9.17, 15) is 17.2 Å². The summed E-state index contributed by atoms with van der Waals surface area (Å²) in [5.74, 6) is 1.22. The average Bonchev–Trinajstić information content (AvgIpc) is 3.12. The van der Waals surface area contributed by atoms with E-state index in [1.807, 2.05) is 0 Å². The Bertz CT molecular complexity index is 796. The lowest BCUT2D eigenvalue weighted by Gasteiger charge is -2.17. The summed E-state index contributed by atoms with van der Waals surface area (Å²) < 4.78 is 59.5. The molecule has 166 valence electrons. The minimum absolute atomic E-state index is 0. The maximum absolute atomic E-state index is 12.6. The van der Waals surface area contributed by atoms with Crippen molar-refractivity contribution >= 4 is 40.0 Å². The fourth-order valence-corrected chi connectivity index (χ4v) is 3.86. The zero-order chi connectivity index (χ0) is 20.7. The Kier molecular flexibility index (Phi) is 10.3. The average molecular weight is 548 g/mol. The second kappa shape index (κ2) is 11.7. The molecule has 8 nitrogen and oxygen atoms in total. The third kappa shape index (κ3) is 8.09. The largest absolute Gasteiger partial charge is 0.497 e. The lowest BCUT2D eigenvalue weighted by molar-refractivity contribution is -0.0505. The molecule has 0 spiro atoms. The number of nitrogens with one attached hydrogen (secondary N) is 2. The first-order valence-electron chi connectivity index (χ1n) is 8.74. The molecule has 2 rings (SSSR count). The molecule has 1 aliphatic rings. The van der Waals surface area contributed by atoms with Crippen molar-refractivity contribution in [3.8, 4) is 11.5 Å². The number of benzene rings is 1. The van der Waals surface area contributed by atoms with Gasteiger partial charge in [0.05, 0.1) is 13.4 Å². The number of methoxy groups -OCH3 is 1. The Balaban J connectivity index is 0.00000420. The fraction of sp³-hybridized carbons (Fsp3) is 0.588. The third-order valence-electron chi connectivity index (χ3n) is 4.43. The van der Waals surface area contributed by atoms with Crippen LogP contribution < -0.4 is 20.1 Å². The van der Waals surface area contributed by atoms with E-state index in [0.29, 0.717) is 36.9 Å². The first kappa shape index (κ1) is 25.6. The van der Waals surface area contributed by atoms with Gasteiger partial charge in [-0.05, 0) is 30.5 Å². The van der Waals surface area contributed by atoms with Crippen LogP contribution in [-0.2, 0) is 16.6 Å². The summed E-state index contributed by atoms with van der Waals surface area (Å²) in [7, 11) is -0.0942. The van der Waals surface area contributed by atoms with Gasteiger partial charge in [-0.3, -0.25) is 4.99 Å². The number of halogens is 3. The van der Waals surface area contributed by atoms with Crippen molar-refractivity contribution in [2.45, 2.75) is 19.6 Å². The molecule has 1 aliphatic heterocycles. The van der Waals surface area contributed by atoms with Crippen LogP contribution in [0.1, 0.15) is 12.0 Å². The molecule has 29 heavy (non-hydrogen) atoms. The van der Waals surface area contributed by atoms with E-state index in [1.165, 1.54) is 23.7 Å².